The third-order valence-corrected chi connectivity index (χ3v) is 2.78. The van der Waals surface area contributed by atoms with Crippen LogP contribution in [0.3, 0.4) is 0 Å². The monoisotopic (exact) mass is 186 g/mol. The third kappa shape index (κ3) is 1.84. The maximum absolute atomic E-state index is 10.9. The summed E-state index contributed by atoms with van der Waals surface area (Å²) in [6, 6.07) is 0.626. The van der Waals surface area contributed by atoms with E-state index in [9.17, 15) is 4.79 Å². The van der Waals surface area contributed by atoms with Gasteiger partial charge in [-0.2, -0.15) is 0 Å². The lowest BCUT2D eigenvalue weighted by atomic mass is 9.98. The van der Waals surface area contributed by atoms with Crippen molar-refractivity contribution in [3.8, 4) is 0 Å². The van der Waals surface area contributed by atoms with Gasteiger partial charge in [0, 0.05) is 18.6 Å². The molecule has 1 rings (SSSR count). The van der Waals surface area contributed by atoms with Gasteiger partial charge in [-0.15, -0.1) is 0 Å². The van der Waals surface area contributed by atoms with E-state index < -0.39 is 11.5 Å². The summed E-state index contributed by atoms with van der Waals surface area (Å²) in [5.74, 6) is -0.887. The molecule has 1 aliphatic rings. The van der Waals surface area contributed by atoms with Crippen LogP contribution in [0, 0.1) is 0 Å². The average Bonchev–Trinajstić information content (AvgIpc) is 2.28. The molecule has 0 saturated carbocycles. The van der Waals surface area contributed by atoms with Crippen molar-refractivity contribution < 1.29 is 9.90 Å². The predicted molar refractivity (Wildman–Crippen MR) is 50.5 cm³/mol. The summed E-state index contributed by atoms with van der Waals surface area (Å²) in [7, 11) is 0. The van der Waals surface area contributed by atoms with Gasteiger partial charge in [0.15, 0.2) is 0 Å². The summed E-state index contributed by atoms with van der Waals surface area (Å²) in [6.45, 7) is 6.60. The van der Waals surface area contributed by atoms with E-state index in [-0.39, 0.29) is 6.04 Å². The van der Waals surface area contributed by atoms with E-state index in [1.54, 1.807) is 0 Å². The number of nitrogens with zero attached hydrogens (tertiary/aromatic N) is 1. The Morgan fingerprint density at radius 2 is 2.23 bits per heavy atom. The van der Waals surface area contributed by atoms with Crippen LogP contribution in [-0.2, 0) is 4.79 Å². The molecule has 0 aromatic rings. The van der Waals surface area contributed by atoms with Crippen LogP contribution in [0.2, 0.25) is 0 Å². The molecule has 2 unspecified atom stereocenters. The van der Waals surface area contributed by atoms with Crippen molar-refractivity contribution in [3.05, 3.63) is 0 Å². The lowest BCUT2D eigenvalue weighted by Gasteiger charge is -2.25. The molecule has 0 aliphatic carbocycles. The predicted octanol–water partition coefficient (Wildman–Crippen LogP) is 0.271. The highest BCUT2D eigenvalue weighted by Gasteiger charge is 2.45. The molecular weight excluding hydrogens is 168 g/mol. The molecule has 0 aromatic carbocycles. The smallest absolute Gasteiger partial charge is 0.325 e. The standard InChI is InChI=1S/C9H18N2O2/c1-6(2)11-5-9(10,8(12)13)4-7(11)3/h6-7H,4-5,10H2,1-3H3,(H,12,13). The molecule has 0 aromatic heterocycles. The first-order valence-electron chi connectivity index (χ1n) is 4.65. The Hall–Kier alpha value is -0.610. The Balaban J connectivity index is 2.75. The minimum absolute atomic E-state index is 0.265. The lowest BCUT2D eigenvalue weighted by Crippen LogP contribution is -2.50. The van der Waals surface area contributed by atoms with E-state index in [2.05, 4.69) is 18.7 Å². The molecule has 0 amide bonds. The van der Waals surface area contributed by atoms with Crippen molar-refractivity contribution in [2.24, 2.45) is 5.73 Å². The Morgan fingerprint density at radius 3 is 2.46 bits per heavy atom. The van der Waals surface area contributed by atoms with Gasteiger partial charge in [-0.3, -0.25) is 9.69 Å². The molecule has 1 heterocycles. The second kappa shape index (κ2) is 3.27. The fraction of sp³-hybridized carbons (Fsp3) is 0.889. The quantitative estimate of drug-likeness (QED) is 0.649. The number of likely N-dealkylation sites (tertiary alicyclic amines) is 1. The minimum Gasteiger partial charge on any atom is -0.480 e. The SMILES string of the molecule is CC(C)N1CC(N)(C(=O)O)CC1C. The van der Waals surface area contributed by atoms with Crippen LogP contribution in [0.25, 0.3) is 0 Å². The highest BCUT2D eigenvalue weighted by atomic mass is 16.4. The minimum atomic E-state index is -1.04. The normalized spacial score (nSPS) is 35.6. The van der Waals surface area contributed by atoms with Crippen molar-refractivity contribution >= 4 is 5.97 Å². The van der Waals surface area contributed by atoms with Crippen LogP contribution in [0.15, 0.2) is 0 Å². The highest BCUT2D eigenvalue weighted by molar-refractivity contribution is 5.79. The molecule has 0 bridgehead atoms. The van der Waals surface area contributed by atoms with Crippen LogP contribution >= 0.6 is 0 Å². The van der Waals surface area contributed by atoms with E-state index >= 15 is 0 Å². The van der Waals surface area contributed by atoms with Crippen molar-refractivity contribution in [1.82, 2.24) is 4.90 Å². The van der Waals surface area contributed by atoms with Gasteiger partial charge >= 0.3 is 5.97 Å². The van der Waals surface area contributed by atoms with Gasteiger partial charge in [0.2, 0.25) is 0 Å². The Morgan fingerprint density at radius 1 is 1.69 bits per heavy atom. The maximum atomic E-state index is 10.9. The van der Waals surface area contributed by atoms with Gasteiger partial charge in [0.1, 0.15) is 5.54 Å². The van der Waals surface area contributed by atoms with Gasteiger partial charge in [-0.1, -0.05) is 0 Å². The van der Waals surface area contributed by atoms with Crippen molar-refractivity contribution in [2.75, 3.05) is 6.54 Å². The molecule has 76 valence electrons. The summed E-state index contributed by atoms with van der Waals surface area (Å²) in [6.07, 6.45) is 0.542. The number of nitrogens with two attached hydrogens (primary N) is 1. The molecule has 2 atom stereocenters. The molecule has 3 N–H and O–H groups in total. The van der Waals surface area contributed by atoms with E-state index in [1.807, 2.05) is 6.92 Å². The van der Waals surface area contributed by atoms with E-state index in [0.717, 1.165) is 0 Å². The lowest BCUT2D eigenvalue weighted by molar-refractivity contribution is -0.142. The first-order valence-corrected chi connectivity index (χ1v) is 4.65. The van der Waals surface area contributed by atoms with Crippen LogP contribution in [0.1, 0.15) is 27.2 Å². The summed E-state index contributed by atoms with van der Waals surface area (Å²) >= 11 is 0. The number of hydrogen-bond donors (Lipinski definition) is 2. The molecule has 4 heteroatoms. The molecule has 13 heavy (non-hydrogen) atoms. The molecular formula is C9H18N2O2. The van der Waals surface area contributed by atoms with Crippen LogP contribution < -0.4 is 5.73 Å². The number of carboxylic acids is 1. The molecule has 0 radical (unpaired) electrons. The van der Waals surface area contributed by atoms with Crippen molar-refractivity contribution in [2.45, 2.75) is 44.8 Å². The topological polar surface area (TPSA) is 66.6 Å². The number of hydrogen-bond acceptors (Lipinski definition) is 3. The van der Waals surface area contributed by atoms with Crippen molar-refractivity contribution in [1.29, 1.82) is 0 Å². The first-order chi connectivity index (χ1) is 5.87. The van der Waals surface area contributed by atoms with Crippen LogP contribution in [0.5, 0.6) is 0 Å². The maximum Gasteiger partial charge on any atom is 0.325 e. The largest absolute Gasteiger partial charge is 0.480 e. The summed E-state index contributed by atoms with van der Waals surface area (Å²) in [5.41, 5.74) is 4.74. The Labute approximate surface area is 78.7 Å². The fourth-order valence-corrected chi connectivity index (χ4v) is 2.04. The number of carboxylic acid groups (broad SMARTS) is 1. The van der Waals surface area contributed by atoms with E-state index in [1.165, 1.54) is 0 Å². The second-order valence-corrected chi connectivity index (χ2v) is 4.28. The van der Waals surface area contributed by atoms with Crippen molar-refractivity contribution in [3.63, 3.8) is 0 Å². The van der Waals surface area contributed by atoms with Crippen LogP contribution in [-0.4, -0.2) is 40.1 Å². The highest BCUT2D eigenvalue weighted by Crippen LogP contribution is 2.26. The third-order valence-electron chi connectivity index (χ3n) is 2.78. The van der Waals surface area contributed by atoms with Gasteiger partial charge in [0.05, 0.1) is 0 Å². The number of rotatable bonds is 2. The fourth-order valence-electron chi connectivity index (χ4n) is 2.04. The van der Waals surface area contributed by atoms with Crippen LogP contribution in [0.4, 0.5) is 0 Å². The molecule has 0 spiro atoms. The summed E-state index contributed by atoms with van der Waals surface area (Å²) in [5, 5.41) is 8.94. The second-order valence-electron chi connectivity index (χ2n) is 4.28. The Kier molecular flexibility index (Phi) is 2.63. The zero-order valence-corrected chi connectivity index (χ0v) is 8.45. The van der Waals surface area contributed by atoms with E-state index in [0.29, 0.717) is 19.0 Å². The number of aliphatic carboxylic acids is 1. The van der Waals surface area contributed by atoms with E-state index in [4.69, 9.17) is 10.8 Å². The summed E-state index contributed by atoms with van der Waals surface area (Å²) < 4.78 is 0. The molecule has 1 aliphatic heterocycles. The van der Waals surface area contributed by atoms with Gasteiger partial charge in [0.25, 0.3) is 0 Å². The first kappa shape index (κ1) is 10.5. The van der Waals surface area contributed by atoms with Gasteiger partial charge in [-0.25, -0.2) is 0 Å². The molecule has 1 fully saturated rings. The summed E-state index contributed by atoms with van der Waals surface area (Å²) in [4.78, 5) is 13.0. The average molecular weight is 186 g/mol. The molecule has 4 nitrogen and oxygen atoms in total. The van der Waals surface area contributed by atoms with Gasteiger partial charge in [-0.05, 0) is 27.2 Å². The zero-order chi connectivity index (χ0) is 10.2. The number of carbonyl (C=O) groups is 1. The molecule has 1 saturated heterocycles. The Bertz CT molecular complexity index is 218. The zero-order valence-electron chi connectivity index (χ0n) is 8.45. The van der Waals surface area contributed by atoms with Gasteiger partial charge < -0.3 is 10.8 Å².